The van der Waals surface area contributed by atoms with E-state index in [2.05, 4.69) is 40.5 Å². The number of aliphatic carboxylic acids is 2. The summed E-state index contributed by atoms with van der Waals surface area (Å²) in [6, 6.07) is 4.69. The van der Waals surface area contributed by atoms with Gasteiger partial charge in [0.05, 0.1) is 0 Å². The Morgan fingerprint density at radius 1 is 1.00 bits per heavy atom. The minimum absolute atomic E-state index is 0.477. The highest BCUT2D eigenvalue weighted by Gasteiger charge is 2.17. The Morgan fingerprint density at radius 2 is 1.61 bits per heavy atom. The van der Waals surface area contributed by atoms with Crippen molar-refractivity contribution in [3.63, 3.8) is 0 Å². The number of aryl methyl sites for hydroxylation is 3. The minimum Gasteiger partial charge on any atom is -0.480 e. The second-order valence-corrected chi connectivity index (χ2v) is 7.29. The van der Waals surface area contributed by atoms with Crippen LogP contribution in [0.25, 0.3) is 11.0 Å². The molecule has 0 bridgehead atoms. The van der Waals surface area contributed by atoms with Crippen molar-refractivity contribution in [1.82, 2.24) is 4.57 Å². The van der Waals surface area contributed by atoms with Gasteiger partial charge in [-0.25, -0.2) is 0 Å². The van der Waals surface area contributed by atoms with Crippen molar-refractivity contribution in [3.8, 4) is 0 Å². The van der Waals surface area contributed by atoms with Gasteiger partial charge >= 0.3 is 11.9 Å². The van der Waals surface area contributed by atoms with Crippen LogP contribution in [0.2, 0.25) is 0 Å². The third-order valence-corrected chi connectivity index (χ3v) is 5.13. The van der Waals surface area contributed by atoms with Crippen molar-refractivity contribution in [2.75, 3.05) is 0 Å². The molecule has 0 fully saturated rings. The fraction of sp³-hybridized carbons (Fsp3) is 0.550. The van der Waals surface area contributed by atoms with Gasteiger partial charge in [-0.05, 0) is 38.2 Å². The summed E-state index contributed by atoms with van der Waals surface area (Å²) < 4.78 is 4.43. The summed E-state index contributed by atoms with van der Waals surface area (Å²) >= 11 is 0. The van der Waals surface area contributed by atoms with Gasteiger partial charge < -0.3 is 26.2 Å². The highest BCUT2D eigenvalue weighted by molar-refractivity contribution is 5.73. The Hall–Kier alpha value is -2.45. The van der Waals surface area contributed by atoms with E-state index in [-0.39, 0.29) is 0 Å². The zero-order valence-electron chi connectivity index (χ0n) is 16.4. The number of pyridine rings is 1. The van der Waals surface area contributed by atoms with E-state index in [1.165, 1.54) is 0 Å². The molecule has 0 aliphatic carbocycles. The van der Waals surface area contributed by atoms with Crippen LogP contribution in [0.3, 0.4) is 0 Å². The van der Waals surface area contributed by atoms with E-state index < -0.39 is 24.0 Å². The van der Waals surface area contributed by atoms with Crippen LogP contribution < -0.4 is 16.0 Å². The second-order valence-electron chi connectivity index (χ2n) is 7.29. The van der Waals surface area contributed by atoms with Crippen molar-refractivity contribution >= 4 is 23.0 Å². The van der Waals surface area contributed by atoms with Gasteiger partial charge in [-0.1, -0.05) is 0 Å². The standard InChI is InChI=1S/C20H30N4O4/c1-14-8-9-17-18(24(14)12-5-3-7-16(22)20(27)28)10-13-23(17)11-4-2-6-15(21)19(25)26/h8-10,13,15-16H,2-7,11-12,21-22H2,1H3,(H-,25,26,27,28)/p+1. The van der Waals surface area contributed by atoms with Crippen molar-refractivity contribution in [2.45, 2.75) is 70.6 Å². The van der Waals surface area contributed by atoms with Gasteiger partial charge in [0.15, 0.2) is 5.69 Å². The topological polar surface area (TPSA) is 135 Å². The molecule has 8 heteroatoms. The van der Waals surface area contributed by atoms with E-state index >= 15 is 0 Å². The summed E-state index contributed by atoms with van der Waals surface area (Å²) in [6.45, 7) is 3.69. The first-order valence-corrected chi connectivity index (χ1v) is 9.76. The lowest BCUT2D eigenvalue weighted by Gasteiger charge is -2.08. The van der Waals surface area contributed by atoms with Crippen LogP contribution >= 0.6 is 0 Å². The number of carboxylic acid groups (broad SMARTS) is 2. The molecule has 0 radical (unpaired) electrons. The van der Waals surface area contributed by atoms with Crippen molar-refractivity contribution in [1.29, 1.82) is 0 Å². The molecule has 2 atom stereocenters. The van der Waals surface area contributed by atoms with Crippen molar-refractivity contribution in [2.24, 2.45) is 11.5 Å². The Kier molecular flexibility index (Phi) is 7.95. The van der Waals surface area contributed by atoms with E-state index in [1.807, 2.05) is 0 Å². The number of nitrogens with two attached hydrogens (primary N) is 2. The monoisotopic (exact) mass is 391 g/mol. The first-order valence-electron chi connectivity index (χ1n) is 9.76. The largest absolute Gasteiger partial charge is 0.480 e. The number of rotatable bonds is 12. The van der Waals surface area contributed by atoms with E-state index in [0.717, 1.165) is 55.5 Å². The molecule has 2 unspecified atom stereocenters. The first-order chi connectivity index (χ1) is 13.3. The van der Waals surface area contributed by atoms with Crippen molar-refractivity contribution < 1.29 is 24.4 Å². The van der Waals surface area contributed by atoms with Gasteiger partial charge in [0, 0.05) is 38.2 Å². The Labute approximate surface area is 164 Å². The maximum Gasteiger partial charge on any atom is 0.320 e. The van der Waals surface area contributed by atoms with Gasteiger partial charge in [0.2, 0.25) is 5.52 Å². The maximum absolute atomic E-state index is 10.8. The third kappa shape index (κ3) is 5.77. The fourth-order valence-corrected chi connectivity index (χ4v) is 3.38. The van der Waals surface area contributed by atoms with Gasteiger partial charge in [0.25, 0.3) is 0 Å². The normalized spacial score (nSPS) is 13.5. The molecule has 2 aromatic heterocycles. The third-order valence-electron chi connectivity index (χ3n) is 5.13. The van der Waals surface area contributed by atoms with E-state index in [4.69, 9.17) is 21.7 Å². The molecule has 0 aliphatic heterocycles. The smallest absolute Gasteiger partial charge is 0.320 e. The minimum atomic E-state index is -0.952. The number of carbonyl (C=O) groups is 2. The predicted molar refractivity (Wildman–Crippen MR) is 106 cm³/mol. The van der Waals surface area contributed by atoms with Crippen LogP contribution in [-0.2, 0) is 22.7 Å². The number of nitrogens with zero attached hydrogens (tertiary/aromatic N) is 2. The molecule has 0 aliphatic rings. The Balaban J connectivity index is 1.95. The van der Waals surface area contributed by atoms with E-state index in [0.29, 0.717) is 12.8 Å². The average molecular weight is 391 g/mol. The molecule has 0 saturated heterocycles. The Morgan fingerprint density at radius 3 is 2.21 bits per heavy atom. The molecule has 0 amide bonds. The highest BCUT2D eigenvalue weighted by Crippen LogP contribution is 2.15. The summed E-state index contributed by atoms with van der Waals surface area (Å²) in [6.07, 6.45) is 6.27. The molecule has 0 saturated carbocycles. The number of unbranched alkanes of at least 4 members (excludes halogenated alkanes) is 2. The summed E-state index contributed by atoms with van der Waals surface area (Å²) in [5.41, 5.74) is 14.5. The maximum atomic E-state index is 10.8. The van der Waals surface area contributed by atoms with Crippen LogP contribution in [0.15, 0.2) is 24.4 Å². The molecule has 0 aromatic carbocycles. The summed E-state index contributed by atoms with van der Waals surface area (Å²) in [5, 5.41) is 17.7. The van der Waals surface area contributed by atoms with Crippen LogP contribution in [-0.4, -0.2) is 38.8 Å². The molecule has 0 spiro atoms. The fourth-order valence-electron chi connectivity index (χ4n) is 3.38. The first kappa shape index (κ1) is 21.8. The van der Waals surface area contributed by atoms with Gasteiger partial charge in [-0.3, -0.25) is 9.59 Å². The average Bonchev–Trinajstić information content (AvgIpc) is 3.06. The summed E-state index contributed by atoms with van der Waals surface area (Å²) in [5.74, 6) is -1.90. The summed E-state index contributed by atoms with van der Waals surface area (Å²) in [7, 11) is 0. The lowest BCUT2D eigenvalue weighted by molar-refractivity contribution is -0.677. The second kappa shape index (κ2) is 10.2. The van der Waals surface area contributed by atoms with E-state index in [9.17, 15) is 9.59 Å². The van der Waals surface area contributed by atoms with Crippen LogP contribution in [0.5, 0.6) is 0 Å². The van der Waals surface area contributed by atoms with Crippen LogP contribution in [0.4, 0.5) is 0 Å². The lowest BCUT2D eigenvalue weighted by Crippen LogP contribution is -2.38. The number of aromatic nitrogens is 2. The molecule has 8 nitrogen and oxygen atoms in total. The predicted octanol–water partition coefficient (Wildman–Crippen LogP) is 1.40. The summed E-state index contributed by atoms with van der Waals surface area (Å²) in [4.78, 5) is 21.6. The number of hydrogen-bond acceptors (Lipinski definition) is 4. The quantitative estimate of drug-likeness (QED) is 0.319. The number of carboxylic acids is 2. The molecule has 6 N–H and O–H groups in total. The zero-order valence-corrected chi connectivity index (χ0v) is 16.4. The lowest BCUT2D eigenvalue weighted by atomic mass is 10.1. The molecule has 2 rings (SSSR count). The van der Waals surface area contributed by atoms with E-state index in [1.54, 1.807) is 0 Å². The number of fused-ring (bicyclic) bond motifs is 1. The molecule has 2 heterocycles. The molecule has 154 valence electrons. The van der Waals surface area contributed by atoms with Crippen molar-refractivity contribution in [3.05, 3.63) is 30.1 Å². The Bertz CT molecular complexity index is 818. The van der Waals surface area contributed by atoms with Gasteiger partial charge in [-0.2, -0.15) is 4.57 Å². The zero-order chi connectivity index (χ0) is 20.7. The molecule has 2 aromatic rings. The molecular weight excluding hydrogens is 360 g/mol. The molecule has 28 heavy (non-hydrogen) atoms. The molecular formula is C20H31N4O4+. The van der Waals surface area contributed by atoms with Gasteiger partial charge in [-0.15, -0.1) is 0 Å². The number of hydrogen-bond donors (Lipinski definition) is 4. The SMILES string of the molecule is Cc1ccc2c(ccn2CCCCC(N)C(=O)O)[n+]1CCCCC(N)C(=O)O. The van der Waals surface area contributed by atoms with Crippen LogP contribution in [0.1, 0.15) is 44.2 Å². The van der Waals surface area contributed by atoms with Crippen LogP contribution in [0, 0.1) is 6.92 Å². The highest BCUT2D eigenvalue weighted by atomic mass is 16.4. The van der Waals surface area contributed by atoms with Gasteiger partial charge in [0.1, 0.15) is 24.1 Å².